The molecule has 1 fully saturated rings. The molecule has 1 aromatic rings. The molecule has 0 saturated carbocycles. The van der Waals surface area contributed by atoms with Gasteiger partial charge >= 0.3 is 17.8 Å². The quantitative estimate of drug-likeness (QED) is 0.424. The van der Waals surface area contributed by atoms with Crippen molar-refractivity contribution in [2.75, 3.05) is 0 Å². The summed E-state index contributed by atoms with van der Waals surface area (Å²) in [5, 5.41) is 2.30. The van der Waals surface area contributed by atoms with Crippen LogP contribution in [0, 0.1) is 0 Å². The molecule has 5 heteroatoms. The van der Waals surface area contributed by atoms with Crippen LogP contribution in [0.5, 0.6) is 0 Å². The molecule has 0 bridgehead atoms. The summed E-state index contributed by atoms with van der Waals surface area (Å²) in [5.41, 5.74) is 0.888. The van der Waals surface area contributed by atoms with Crippen LogP contribution in [0.15, 0.2) is 30.3 Å². The fourth-order valence-electron chi connectivity index (χ4n) is 1.47. The van der Waals surface area contributed by atoms with E-state index in [-0.39, 0.29) is 0 Å². The van der Waals surface area contributed by atoms with Crippen LogP contribution in [0.3, 0.4) is 0 Å². The highest BCUT2D eigenvalue weighted by Crippen LogP contribution is 2.07. The van der Waals surface area contributed by atoms with E-state index in [9.17, 15) is 14.4 Å². The second kappa shape index (κ2) is 4.14. The van der Waals surface area contributed by atoms with Gasteiger partial charge in [-0.2, -0.15) is 0 Å². The van der Waals surface area contributed by atoms with Crippen molar-refractivity contribution in [2.45, 2.75) is 12.5 Å². The molecule has 2 rings (SSSR count). The van der Waals surface area contributed by atoms with Gasteiger partial charge in [0.05, 0.1) is 0 Å². The minimum atomic E-state index is -1.14. The molecule has 1 heterocycles. The van der Waals surface area contributed by atoms with Gasteiger partial charge in [-0.25, -0.2) is 9.59 Å². The van der Waals surface area contributed by atoms with Crippen molar-refractivity contribution < 1.29 is 19.1 Å². The lowest BCUT2D eigenvalue weighted by molar-refractivity contribution is -0.171. The Morgan fingerprint density at radius 3 is 2.50 bits per heavy atom. The number of ether oxygens (including phenoxy) is 1. The van der Waals surface area contributed by atoms with Gasteiger partial charge in [0.1, 0.15) is 6.04 Å². The summed E-state index contributed by atoms with van der Waals surface area (Å²) in [5.74, 6) is -2.73. The van der Waals surface area contributed by atoms with E-state index in [0.717, 1.165) is 5.56 Å². The van der Waals surface area contributed by atoms with Crippen LogP contribution >= 0.6 is 0 Å². The van der Waals surface area contributed by atoms with Crippen molar-refractivity contribution in [3.63, 3.8) is 0 Å². The number of morpholine rings is 1. The molecule has 1 amide bonds. The van der Waals surface area contributed by atoms with Crippen molar-refractivity contribution in [1.29, 1.82) is 0 Å². The van der Waals surface area contributed by atoms with Crippen LogP contribution in [-0.4, -0.2) is 23.9 Å². The third-order valence-electron chi connectivity index (χ3n) is 2.25. The van der Waals surface area contributed by atoms with Crippen LogP contribution in [0.4, 0.5) is 0 Å². The molecule has 5 nitrogen and oxygen atoms in total. The van der Waals surface area contributed by atoms with Gasteiger partial charge in [-0.15, -0.1) is 0 Å². The zero-order valence-electron chi connectivity index (χ0n) is 8.30. The van der Waals surface area contributed by atoms with Gasteiger partial charge in [-0.1, -0.05) is 30.3 Å². The second-order valence-electron chi connectivity index (χ2n) is 3.42. The standard InChI is InChI=1S/C11H9NO4/c13-9-11(15)16-10(14)8(12-9)6-7-4-2-1-3-5-7/h1-5,8H,6H2,(H,12,13)/t8-/m0/s1. The Morgan fingerprint density at radius 1 is 1.12 bits per heavy atom. The van der Waals surface area contributed by atoms with Crippen molar-refractivity contribution in [3.05, 3.63) is 35.9 Å². The lowest BCUT2D eigenvalue weighted by Crippen LogP contribution is -2.52. The van der Waals surface area contributed by atoms with Crippen LogP contribution in [0.25, 0.3) is 0 Å². The van der Waals surface area contributed by atoms with Crippen LogP contribution in [0.1, 0.15) is 5.56 Å². The minimum absolute atomic E-state index is 0.318. The largest absolute Gasteiger partial charge is 0.404 e. The number of hydrogen-bond donors (Lipinski definition) is 1. The van der Waals surface area contributed by atoms with E-state index in [0.29, 0.717) is 6.42 Å². The summed E-state index contributed by atoms with van der Waals surface area (Å²) in [6.45, 7) is 0. The number of hydrogen-bond acceptors (Lipinski definition) is 4. The SMILES string of the molecule is O=C1N[C@@H](Cc2ccccc2)C(=O)OC1=O. The lowest BCUT2D eigenvalue weighted by atomic mass is 10.1. The lowest BCUT2D eigenvalue weighted by Gasteiger charge is -2.20. The molecule has 1 aromatic carbocycles. The Morgan fingerprint density at radius 2 is 1.81 bits per heavy atom. The third kappa shape index (κ3) is 2.08. The van der Waals surface area contributed by atoms with E-state index in [1.807, 2.05) is 30.3 Å². The van der Waals surface area contributed by atoms with E-state index >= 15 is 0 Å². The van der Waals surface area contributed by atoms with Crippen LogP contribution < -0.4 is 5.32 Å². The first-order valence-corrected chi connectivity index (χ1v) is 4.77. The molecule has 1 N–H and O–H groups in total. The highest BCUT2D eigenvalue weighted by Gasteiger charge is 2.34. The molecule has 82 valence electrons. The van der Waals surface area contributed by atoms with Crippen molar-refractivity contribution in [2.24, 2.45) is 0 Å². The normalized spacial score (nSPS) is 20.2. The Kier molecular flexibility index (Phi) is 2.68. The maximum Gasteiger partial charge on any atom is 0.404 e. The molecular formula is C11H9NO4. The first-order chi connectivity index (χ1) is 7.66. The van der Waals surface area contributed by atoms with Gasteiger partial charge in [0.15, 0.2) is 0 Å². The maximum atomic E-state index is 11.3. The molecule has 1 atom stereocenters. The Hall–Kier alpha value is -2.17. The molecule has 16 heavy (non-hydrogen) atoms. The average molecular weight is 219 g/mol. The summed E-state index contributed by atoms with van der Waals surface area (Å²) >= 11 is 0. The molecule has 0 aliphatic carbocycles. The van der Waals surface area contributed by atoms with Gasteiger partial charge in [-0.05, 0) is 5.56 Å². The molecule has 0 aromatic heterocycles. The monoisotopic (exact) mass is 219 g/mol. The average Bonchev–Trinajstić information content (AvgIpc) is 2.27. The molecule has 1 saturated heterocycles. The molecular weight excluding hydrogens is 210 g/mol. The molecule has 0 spiro atoms. The molecule has 0 unspecified atom stereocenters. The van der Waals surface area contributed by atoms with Gasteiger partial charge in [0.25, 0.3) is 0 Å². The summed E-state index contributed by atoms with van der Waals surface area (Å²) in [6, 6.07) is 8.39. The van der Waals surface area contributed by atoms with E-state index in [1.54, 1.807) is 0 Å². The Bertz CT molecular complexity index is 441. The van der Waals surface area contributed by atoms with Gasteiger partial charge < -0.3 is 10.1 Å². The highest BCUT2D eigenvalue weighted by atomic mass is 16.6. The smallest absolute Gasteiger partial charge is 0.384 e. The van der Waals surface area contributed by atoms with E-state index in [1.165, 1.54) is 0 Å². The topological polar surface area (TPSA) is 72.5 Å². The predicted molar refractivity (Wildman–Crippen MR) is 53.2 cm³/mol. The summed E-state index contributed by atoms with van der Waals surface area (Å²) in [6.07, 6.45) is 0.318. The highest BCUT2D eigenvalue weighted by molar-refractivity contribution is 6.36. The summed E-state index contributed by atoms with van der Waals surface area (Å²) in [7, 11) is 0. The number of nitrogens with one attached hydrogen (secondary N) is 1. The Balaban J connectivity index is 2.08. The molecule has 0 radical (unpaired) electrons. The fraction of sp³-hybridized carbons (Fsp3) is 0.182. The van der Waals surface area contributed by atoms with E-state index in [2.05, 4.69) is 10.1 Å². The fourth-order valence-corrected chi connectivity index (χ4v) is 1.47. The minimum Gasteiger partial charge on any atom is -0.384 e. The molecule has 1 aliphatic rings. The Labute approximate surface area is 91.4 Å². The number of carbonyl (C=O) groups excluding carboxylic acids is 3. The van der Waals surface area contributed by atoms with Gasteiger partial charge in [0.2, 0.25) is 0 Å². The van der Waals surface area contributed by atoms with Gasteiger partial charge in [0, 0.05) is 6.42 Å². The summed E-state index contributed by atoms with van der Waals surface area (Å²) in [4.78, 5) is 33.0. The van der Waals surface area contributed by atoms with Crippen LogP contribution in [-0.2, 0) is 25.5 Å². The van der Waals surface area contributed by atoms with Crippen molar-refractivity contribution in [3.8, 4) is 0 Å². The summed E-state index contributed by atoms with van der Waals surface area (Å²) < 4.78 is 4.29. The van der Waals surface area contributed by atoms with Crippen molar-refractivity contribution >= 4 is 17.8 Å². The molecule has 1 aliphatic heterocycles. The first kappa shape index (κ1) is 10.4. The third-order valence-corrected chi connectivity index (χ3v) is 2.25. The zero-order valence-corrected chi connectivity index (χ0v) is 8.30. The van der Waals surface area contributed by atoms with Gasteiger partial charge in [-0.3, -0.25) is 4.79 Å². The zero-order chi connectivity index (χ0) is 11.5. The number of esters is 2. The maximum absolute atomic E-state index is 11.3. The predicted octanol–water partition coefficient (Wildman–Crippen LogP) is -0.203. The number of cyclic esters (lactones) is 2. The van der Waals surface area contributed by atoms with E-state index < -0.39 is 23.9 Å². The number of amides is 1. The second-order valence-corrected chi connectivity index (χ2v) is 3.42. The first-order valence-electron chi connectivity index (χ1n) is 4.77. The number of carbonyl (C=O) groups is 3. The number of benzene rings is 1. The van der Waals surface area contributed by atoms with Crippen molar-refractivity contribution in [1.82, 2.24) is 5.32 Å². The van der Waals surface area contributed by atoms with E-state index in [4.69, 9.17) is 0 Å². The van der Waals surface area contributed by atoms with Crippen LogP contribution in [0.2, 0.25) is 0 Å². The number of rotatable bonds is 2.